The fraction of sp³-hybridized carbons (Fsp3) is 0.300. The molecule has 3 rings (SSSR count). The van der Waals surface area contributed by atoms with E-state index in [1.807, 2.05) is 37.3 Å². The zero-order valence-electron chi connectivity index (χ0n) is 14.8. The van der Waals surface area contributed by atoms with E-state index in [-0.39, 0.29) is 37.7 Å². The average Bonchev–Trinajstić information content (AvgIpc) is 3.16. The Hall–Kier alpha value is -3.02. The van der Waals surface area contributed by atoms with E-state index in [0.29, 0.717) is 17.1 Å². The number of esters is 1. The number of carbonyl (C=O) groups is 2. The SMILES string of the molecule is COC(=O)CCN(C(=O)c1ccc2c(c1)OCO2)C(C)c1ccccc1. The second-order valence-corrected chi connectivity index (χ2v) is 5.98. The van der Waals surface area contributed by atoms with Gasteiger partial charge < -0.3 is 19.1 Å². The van der Waals surface area contributed by atoms with Crippen LogP contribution in [0.1, 0.15) is 35.3 Å². The van der Waals surface area contributed by atoms with E-state index in [1.165, 1.54) is 7.11 Å². The normalized spacial score (nSPS) is 13.2. The first-order valence-corrected chi connectivity index (χ1v) is 8.42. The number of hydrogen-bond acceptors (Lipinski definition) is 5. The summed E-state index contributed by atoms with van der Waals surface area (Å²) < 4.78 is 15.4. The van der Waals surface area contributed by atoms with Gasteiger partial charge in [-0.25, -0.2) is 0 Å². The number of fused-ring (bicyclic) bond motifs is 1. The Bertz CT molecular complexity index is 790. The maximum Gasteiger partial charge on any atom is 0.307 e. The molecule has 1 heterocycles. The van der Waals surface area contributed by atoms with Crippen LogP contribution in [0.2, 0.25) is 0 Å². The first-order chi connectivity index (χ1) is 12.6. The number of methoxy groups -OCH3 is 1. The third-order valence-electron chi connectivity index (χ3n) is 4.41. The molecule has 6 nitrogen and oxygen atoms in total. The van der Waals surface area contributed by atoms with Crippen LogP contribution in [0.25, 0.3) is 0 Å². The molecule has 0 radical (unpaired) electrons. The molecule has 1 atom stereocenters. The number of hydrogen-bond donors (Lipinski definition) is 0. The van der Waals surface area contributed by atoms with Crippen LogP contribution in [-0.4, -0.2) is 37.2 Å². The Balaban J connectivity index is 1.86. The van der Waals surface area contributed by atoms with Gasteiger partial charge >= 0.3 is 5.97 Å². The molecule has 0 spiro atoms. The van der Waals surface area contributed by atoms with E-state index in [4.69, 9.17) is 14.2 Å². The van der Waals surface area contributed by atoms with Crippen molar-refractivity contribution in [2.75, 3.05) is 20.4 Å². The first kappa shape index (κ1) is 17.8. The predicted octanol–water partition coefficient (Wildman–Crippen LogP) is 3.18. The fourth-order valence-electron chi connectivity index (χ4n) is 2.89. The molecular formula is C20H21NO5. The van der Waals surface area contributed by atoms with Gasteiger partial charge in [0.2, 0.25) is 6.79 Å². The van der Waals surface area contributed by atoms with Crippen LogP contribution in [0.4, 0.5) is 0 Å². The number of carbonyl (C=O) groups excluding carboxylic acids is 2. The minimum Gasteiger partial charge on any atom is -0.469 e. The molecule has 0 N–H and O–H groups in total. The summed E-state index contributed by atoms with van der Waals surface area (Å²) in [5.41, 5.74) is 1.48. The van der Waals surface area contributed by atoms with Gasteiger partial charge in [0.05, 0.1) is 19.6 Å². The van der Waals surface area contributed by atoms with Crippen LogP contribution in [0.3, 0.4) is 0 Å². The van der Waals surface area contributed by atoms with Gasteiger partial charge in [-0.05, 0) is 30.7 Å². The second kappa shape index (κ2) is 7.91. The van der Waals surface area contributed by atoms with Gasteiger partial charge in [-0.1, -0.05) is 30.3 Å². The molecule has 0 aliphatic carbocycles. The third kappa shape index (κ3) is 3.79. The highest BCUT2D eigenvalue weighted by Crippen LogP contribution is 2.33. The first-order valence-electron chi connectivity index (χ1n) is 8.42. The molecule has 1 unspecified atom stereocenters. The van der Waals surface area contributed by atoms with E-state index in [2.05, 4.69) is 0 Å². The average molecular weight is 355 g/mol. The van der Waals surface area contributed by atoms with Crippen LogP contribution in [0.5, 0.6) is 11.5 Å². The standard InChI is InChI=1S/C20H21NO5/c1-14(15-6-4-3-5-7-15)21(11-10-19(22)24-2)20(23)16-8-9-17-18(12-16)26-13-25-17/h3-9,12,14H,10-11,13H2,1-2H3. The highest BCUT2D eigenvalue weighted by molar-refractivity contribution is 5.95. The summed E-state index contributed by atoms with van der Waals surface area (Å²) in [5, 5.41) is 0. The number of amides is 1. The van der Waals surface area contributed by atoms with E-state index in [1.54, 1.807) is 23.1 Å². The van der Waals surface area contributed by atoms with Crippen LogP contribution >= 0.6 is 0 Å². The Labute approximate surface area is 152 Å². The van der Waals surface area contributed by atoms with E-state index in [9.17, 15) is 9.59 Å². The van der Waals surface area contributed by atoms with Gasteiger partial charge in [-0.2, -0.15) is 0 Å². The monoisotopic (exact) mass is 355 g/mol. The summed E-state index contributed by atoms with van der Waals surface area (Å²) in [6, 6.07) is 14.6. The second-order valence-electron chi connectivity index (χ2n) is 5.98. The lowest BCUT2D eigenvalue weighted by Crippen LogP contribution is -2.35. The molecule has 2 aromatic rings. The van der Waals surface area contributed by atoms with Crippen molar-refractivity contribution in [2.24, 2.45) is 0 Å². The molecule has 0 aromatic heterocycles. The number of benzene rings is 2. The van der Waals surface area contributed by atoms with Crippen molar-refractivity contribution in [3.63, 3.8) is 0 Å². The Morgan fingerprint density at radius 2 is 1.85 bits per heavy atom. The summed E-state index contributed by atoms with van der Waals surface area (Å²) in [6.45, 7) is 2.35. The smallest absolute Gasteiger partial charge is 0.307 e. The van der Waals surface area contributed by atoms with Crippen LogP contribution in [0, 0.1) is 0 Å². The molecule has 0 saturated carbocycles. The molecule has 26 heavy (non-hydrogen) atoms. The molecule has 2 aromatic carbocycles. The maximum atomic E-state index is 13.1. The topological polar surface area (TPSA) is 65.1 Å². The Morgan fingerprint density at radius 3 is 2.58 bits per heavy atom. The summed E-state index contributed by atoms with van der Waals surface area (Å²) in [7, 11) is 1.34. The number of nitrogens with zero attached hydrogens (tertiary/aromatic N) is 1. The fourth-order valence-corrected chi connectivity index (χ4v) is 2.89. The van der Waals surface area contributed by atoms with Gasteiger partial charge in [-0.3, -0.25) is 9.59 Å². The minimum absolute atomic E-state index is 0.129. The number of rotatable bonds is 6. The van der Waals surface area contributed by atoms with Gasteiger partial charge in [0.15, 0.2) is 11.5 Å². The van der Waals surface area contributed by atoms with Gasteiger partial charge in [0.25, 0.3) is 5.91 Å². The van der Waals surface area contributed by atoms with Crippen molar-refractivity contribution in [2.45, 2.75) is 19.4 Å². The van der Waals surface area contributed by atoms with Gasteiger partial charge in [-0.15, -0.1) is 0 Å². The third-order valence-corrected chi connectivity index (χ3v) is 4.41. The van der Waals surface area contributed by atoms with Crippen molar-refractivity contribution in [1.29, 1.82) is 0 Å². The lowest BCUT2D eigenvalue weighted by atomic mass is 10.0. The zero-order chi connectivity index (χ0) is 18.5. The Kier molecular flexibility index (Phi) is 5.41. The summed E-state index contributed by atoms with van der Waals surface area (Å²) >= 11 is 0. The van der Waals surface area contributed by atoms with Crippen LogP contribution < -0.4 is 9.47 Å². The molecular weight excluding hydrogens is 334 g/mol. The summed E-state index contributed by atoms with van der Waals surface area (Å²) in [6.07, 6.45) is 0.129. The van der Waals surface area contributed by atoms with Gasteiger partial charge in [0.1, 0.15) is 0 Å². The van der Waals surface area contributed by atoms with Crippen molar-refractivity contribution in [3.05, 3.63) is 59.7 Å². The molecule has 6 heteroatoms. The van der Waals surface area contributed by atoms with Crippen LogP contribution in [0.15, 0.2) is 48.5 Å². The maximum absolute atomic E-state index is 13.1. The minimum atomic E-state index is -0.353. The predicted molar refractivity (Wildman–Crippen MR) is 95.1 cm³/mol. The van der Waals surface area contributed by atoms with Crippen molar-refractivity contribution in [3.8, 4) is 11.5 Å². The molecule has 1 amide bonds. The molecule has 0 fully saturated rings. The molecule has 136 valence electrons. The van der Waals surface area contributed by atoms with E-state index in [0.717, 1.165) is 5.56 Å². The molecule has 0 bridgehead atoms. The largest absolute Gasteiger partial charge is 0.469 e. The highest BCUT2D eigenvalue weighted by atomic mass is 16.7. The summed E-state index contributed by atoms with van der Waals surface area (Å²) in [4.78, 5) is 26.4. The molecule has 1 aliphatic rings. The molecule has 0 saturated heterocycles. The van der Waals surface area contributed by atoms with E-state index >= 15 is 0 Å². The quantitative estimate of drug-likeness (QED) is 0.745. The van der Waals surface area contributed by atoms with Crippen molar-refractivity contribution in [1.82, 2.24) is 4.90 Å². The lowest BCUT2D eigenvalue weighted by Gasteiger charge is -2.29. The Morgan fingerprint density at radius 1 is 1.12 bits per heavy atom. The highest BCUT2D eigenvalue weighted by Gasteiger charge is 2.25. The number of ether oxygens (including phenoxy) is 3. The molecule has 1 aliphatic heterocycles. The lowest BCUT2D eigenvalue weighted by molar-refractivity contribution is -0.140. The summed E-state index contributed by atoms with van der Waals surface area (Å²) in [5.74, 6) is 0.646. The van der Waals surface area contributed by atoms with Crippen molar-refractivity contribution >= 4 is 11.9 Å². The zero-order valence-corrected chi connectivity index (χ0v) is 14.8. The van der Waals surface area contributed by atoms with Crippen LogP contribution in [-0.2, 0) is 9.53 Å². The van der Waals surface area contributed by atoms with Crippen molar-refractivity contribution < 1.29 is 23.8 Å². The van der Waals surface area contributed by atoms with Gasteiger partial charge in [0, 0.05) is 12.1 Å². The van der Waals surface area contributed by atoms with E-state index < -0.39 is 0 Å².